The number of hydrogen-bond acceptors (Lipinski definition) is 1. The van der Waals surface area contributed by atoms with Crippen molar-refractivity contribution in [2.45, 2.75) is 39.0 Å². The van der Waals surface area contributed by atoms with Gasteiger partial charge in [0.15, 0.2) is 0 Å². The molecule has 0 aromatic rings. The third-order valence-electron chi connectivity index (χ3n) is 1.70. The largest absolute Gasteiger partial charge is 0.303 e. The maximum Gasteiger partial charge on any atom is 0.123 e. The van der Waals surface area contributed by atoms with Crippen LogP contribution >= 0.6 is 0 Å². The molecular weight excluding hydrogens is 124 g/mol. The molecule has 1 radical (unpaired) electrons. The van der Waals surface area contributed by atoms with Crippen molar-refractivity contribution in [2.24, 2.45) is 5.92 Å². The third-order valence-corrected chi connectivity index (χ3v) is 1.70. The summed E-state index contributed by atoms with van der Waals surface area (Å²) in [5.74, 6) is 0.275. The smallest absolute Gasteiger partial charge is 0.123 e. The van der Waals surface area contributed by atoms with Crippen LogP contribution < -0.4 is 0 Å². The molecule has 10 heavy (non-hydrogen) atoms. The maximum atomic E-state index is 10.4. The summed E-state index contributed by atoms with van der Waals surface area (Å²) in [5.41, 5.74) is 0. The second-order valence-electron chi connectivity index (χ2n) is 2.68. The molecule has 1 heteroatoms. The highest BCUT2D eigenvalue weighted by Crippen LogP contribution is 2.11. The van der Waals surface area contributed by atoms with Crippen molar-refractivity contribution in [3.8, 4) is 0 Å². The second kappa shape index (κ2) is 6.79. The topological polar surface area (TPSA) is 17.1 Å². The minimum Gasteiger partial charge on any atom is -0.303 e. The third kappa shape index (κ3) is 4.54. The van der Waals surface area contributed by atoms with Crippen molar-refractivity contribution in [3.63, 3.8) is 0 Å². The highest BCUT2D eigenvalue weighted by atomic mass is 16.1. The Morgan fingerprint density at radius 1 is 1.50 bits per heavy atom. The number of carbonyl (C=O) groups is 1. The molecule has 1 unspecified atom stereocenters. The Kier molecular flexibility index (Phi) is 6.56. The van der Waals surface area contributed by atoms with Gasteiger partial charge in [-0.15, -0.1) is 0 Å². The number of carbonyl (C=O) groups excluding carboxylic acids is 1. The van der Waals surface area contributed by atoms with Crippen LogP contribution in [0.4, 0.5) is 0 Å². The van der Waals surface area contributed by atoms with E-state index in [2.05, 4.69) is 13.8 Å². The van der Waals surface area contributed by atoms with Gasteiger partial charge in [-0.25, -0.2) is 0 Å². The van der Waals surface area contributed by atoms with E-state index in [0.717, 1.165) is 25.5 Å². The zero-order valence-electron chi connectivity index (χ0n) is 6.81. The van der Waals surface area contributed by atoms with Crippen molar-refractivity contribution in [1.29, 1.82) is 0 Å². The minimum absolute atomic E-state index is 0.275. The molecule has 0 aromatic heterocycles. The summed E-state index contributed by atoms with van der Waals surface area (Å²) in [4.78, 5) is 10.4. The molecule has 0 N–H and O–H groups in total. The van der Waals surface area contributed by atoms with Crippen LogP contribution in [-0.2, 0) is 4.79 Å². The lowest BCUT2D eigenvalue weighted by atomic mass is 9.99. The molecule has 0 amide bonds. The van der Waals surface area contributed by atoms with Crippen LogP contribution in [0.5, 0.6) is 0 Å². The van der Waals surface area contributed by atoms with E-state index in [9.17, 15) is 4.79 Å². The van der Waals surface area contributed by atoms with Crippen molar-refractivity contribution in [2.75, 3.05) is 0 Å². The molecule has 0 saturated carbocycles. The Bertz CT molecular complexity index is 78.8. The lowest BCUT2D eigenvalue weighted by Crippen LogP contribution is -2.00. The molecule has 0 aliphatic heterocycles. The molecule has 0 saturated heterocycles. The maximum absolute atomic E-state index is 10.4. The van der Waals surface area contributed by atoms with Crippen LogP contribution in [0.2, 0.25) is 0 Å². The van der Waals surface area contributed by atoms with Crippen molar-refractivity contribution >= 4 is 6.29 Å². The van der Waals surface area contributed by atoms with Gasteiger partial charge in [0.25, 0.3) is 0 Å². The van der Waals surface area contributed by atoms with Gasteiger partial charge in [0, 0.05) is 5.92 Å². The summed E-state index contributed by atoms with van der Waals surface area (Å²) in [6.07, 6.45) is 6.32. The highest BCUT2D eigenvalue weighted by molar-refractivity contribution is 5.53. The van der Waals surface area contributed by atoms with E-state index in [1.54, 1.807) is 0 Å². The van der Waals surface area contributed by atoms with Crippen LogP contribution in [0.15, 0.2) is 0 Å². The van der Waals surface area contributed by atoms with Crippen molar-refractivity contribution in [3.05, 3.63) is 6.92 Å². The minimum atomic E-state index is 0.275. The molecule has 0 spiro atoms. The summed E-state index contributed by atoms with van der Waals surface area (Å²) < 4.78 is 0. The van der Waals surface area contributed by atoms with E-state index >= 15 is 0 Å². The van der Waals surface area contributed by atoms with Crippen LogP contribution in [-0.4, -0.2) is 6.29 Å². The van der Waals surface area contributed by atoms with Gasteiger partial charge < -0.3 is 4.79 Å². The normalized spacial score (nSPS) is 13.0. The Morgan fingerprint density at radius 2 is 2.20 bits per heavy atom. The van der Waals surface area contributed by atoms with Gasteiger partial charge in [0.05, 0.1) is 0 Å². The van der Waals surface area contributed by atoms with Crippen LogP contribution in [0.1, 0.15) is 39.0 Å². The predicted molar refractivity (Wildman–Crippen MR) is 43.7 cm³/mol. The average molecular weight is 141 g/mol. The van der Waals surface area contributed by atoms with Crippen LogP contribution in [0.3, 0.4) is 0 Å². The van der Waals surface area contributed by atoms with E-state index < -0.39 is 0 Å². The molecular formula is C9H17O. The van der Waals surface area contributed by atoms with Crippen molar-refractivity contribution in [1.82, 2.24) is 0 Å². The van der Waals surface area contributed by atoms with Gasteiger partial charge in [0.1, 0.15) is 6.29 Å². The number of hydrogen-bond donors (Lipinski definition) is 0. The summed E-state index contributed by atoms with van der Waals surface area (Å²) in [5, 5.41) is 0. The fourth-order valence-corrected chi connectivity index (χ4v) is 1.01. The zero-order chi connectivity index (χ0) is 7.82. The Balaban J connectivity index is 3.29. The molecule has 0 aliphatic rings. The van der Waals surface area contributed by atoms with Crippen LogP contribution in [0, 0.1) is 12.8 Å². The molecule has 0 fully saturated rings. The first-order chi connectivity index (χ1) is 4.85. The lowest BCUT2D eigenvalue weighted by Gasteiger charge is -2.05. The molecule has 59 valence electrons. The Labute approximate surface area is 63.8 Å². The first kappa shape index (κ1) is 9.67. The second-order valence-corrected chi connectivity index (χ2v) is 2.68. The SMILES string of the molecule is [CH2]CCC(C=O)CCCC. The van der Waals surface area contributed by atoms with Gasteiger partial charge in [-0.05, 0) is 12.8 Å². The van der Waals surface area contributed by atoms with Gasteiger partial charge >= 0.3 is 0 Å². The Morgan fingerprint density at radius 3 is 2.60 bits per heavy atom. The fraction of sp³-hybridized carbons (Fsp3) is 0.778. The lowest BCUT2D eigenvalue weighted by molar-refractivity contribution is -0.111. The quantitative estimate of drug-likeness (QED) is 0.520. The van der Waals surface area contributed by atoms with E-state index in [1.807, 2.05) is 0 Å². The molecule has 0 heterocycles. The highest BCUT2D eigenvalue weighted by Gasteiger charge is 2.03. The van der Waals surface area contributed by atoms with E-state index in [1.165, 1.54) is 12.8 Å². The van der Waals surface area contributed by atoms with Crippen LogP contribution in [0.25, 0.3) is 0 Å². The molecule has 0 rings (SSSR count). The van der Waals surface area contributed by atoms with Gasteiger partial charge in [0.2, 0.25) is 0 Å². The van der Waals surface area contributed by atoms with Gasteiger partial charge in [-0.1, -0.05) is 33.1 Å². The van der Waals surface area contributed by atoms with E-state index in [0.29, 0.717) is 0 Å². The summed E-state index contributed by atoms with van der Waals surface area (Å²) in [7, 11) is 0. The first-order valence-corrected chi connectivity index (χ1v) is 4.09. The number of rotatable bonds is 6. The average Bonchev–Trinajstić information content (AvgIpc) is 1.98. The standard InChI is InChI=1S/C9H17O/c1-3-5-7-9(8-10)6-4-2/h8-9H,2-7H2,1H3. The molecule has 0 aromatic carbocycles. The van der Waals surface area contributed by atoms with E-state index in [4.69, 9.17) is 0 Å². The monoisotopic (exact) mass is 141 g/mol. The fourth-order valence-electron chi connectivity index (χ4n) is 1.01. The molecule has 0 aliphatic carbocycles. The molecule has 1 atom stereocenters. The summed E-state index contributed by atoms with van der Waals surface area (Å²) in [6.45, 7) is 5.87. The molecule has 0 bridgehead atoms. The van der Waals surface area contributed by atoms with Crippen molar-refractivity contribution < 1.29 is 4.79 Å². The van der Waals surface area contributed by atoms with E-state index in [-0.39, 0.29) is 5.92 Å². The van der Waals surface area contributed by atoms with Gasteiger partial charge in [-0.2, -0.15) is 0 Å². The molecule has 1 nitrogen and oxygen atoms in total. The number of aldehydes is 1. The summed E-state index contributed by atoms with van der Waals surface area (Å²) in [6, 6.07) is 0. The predicted octanol–water partition coefficient (Wildman–Crippen LogP) is 2.61. The first-order valence-electron chi connectivity index (χ1n) is 4.09. The zero-order valence-corrected chi connectivity index (χ0v) is 6.81. The Hall–Kier alpha value is -0.330. The number of unbranched alkanes of at least 4 members (excludes halogenated alkanes) is 1. The summed E-state index contributed by atoms with van der Waals surface area (Å²) >= 11 is 0. The van der Waals surface area contributed by atoms with Gasteiger partial charge in [-0.3, -0.25) is 0 Å².